The van der Waals surface area contributed by atoms with Crippen molar-refractivity contribution in [2.45, 2.75) is 19.0 Å². The first-order valence-corrected chi connectivity index (χ1v) is 11.7. The molecule has 0 radical (unpaired) electrons. The van der Waals surface area contributed by atoms with Crippen molar-refractivity contribution in [1.82, 2.24) is 15.2 Å². The number of alkyl halides is 2. The summed E-state index contributed by atoms with van der Waals surface area (Å²) in [5.41, 5.74) is 0.746. The lowest BCUT2D eigenvalue weighted by atomic mass is 10.1. The lowest BCUT2D eigenvalue weighted by Gasteiger charge is -2.24. The second kappa shape index (κ2) is 11.2. The molecule has 1 aromatic heterocycles. The zero-order valence-corrected chi connectivity index (χ0v) is 20.0. The van der Waals surface area contributed by atoms with Gasteiger partial charge in [-0.1, -0.05) is 22.0 Å². The number of esters is 1. The maximum Gasteiger partial charge on any atom is 0.337 e. The summed E-state index contributed by atoms with van der Waals surface area (Å²) in [7, 11) is 0. The number of hydrogen-bond donors (Lipinski definition) is 2. The third kappa shape index (κ3) is 6.85. The van der Waals surface area contributed by atoms with Gasteiger partial charge in [-0.15, -0.1) is 11.3 Å². The van der Waals surface area contributed by atoms with Crippen LogP contribution in [0.1, 0.15) is 11.9 Å². The minimum atomic E-state index is -3.16. The Hall–Kier alpha value is -2.28. The number of carbonyl (C=O) groups is 1. The first kappa shape index (κ1) is 25.3. The Kier molecular flexibility index (Phi) is 8.63. The first-order valence-electron chi connectivity index (χ1n) is 9.99. The molecule has 1 fully saturated rings. The van der Waals surface area contributed by atoms with Crippen molar-refractivity contribution in [2.75, 3.05) is 32.8 Å². The Labute approximate surface area is 201 Å². The number of β-amino-alcohol motifs (C(OH)–C–C–N with tert-alkyl or cyclic N) is 1. The van der Waals surface area contributed by atoms with E-state index in [1.807, 2.05) is 0 Å². The van der Waals surface area contributed by atoms with E-state index in [0.717, 1.165) is 4.47 Å². The molecule has 0 amide bonds. The normalized spacial score (nSPS) is 19.9. The van der Waals surface area contributed by atoms with Crippen molar-refractivity contribution >= 4 is 39.1 Å². The maximum absolute atomic E-state index is 13.6. The van der Waals surface area contributed by atoms with E-state index in [4.69, 9.17) is 4.74 Å². The molecule has 1 aromatic carbocycles. The van der Waals surface area contributed by atoms with Gasteiger partial charge in [-0.2, -0.15) is 0 Å². The maximum atomic E-state index is 13.6. The Morgan fingerprint density at radius 2 is 2.24 bits per heavy atom. The zero-order chi connectivity index (χ0) is 24.0. The Morgan fingerprint density at radius 1 is 1.45 bits per heavy atom. The lowest BCUT2D eigenvalue weighted by Crippen LogP contribution is -2.38. The predicted octanol–water partition coefficient (Wildman–Crippen LogP) is 3.21. The number of rotatable bonds is 5. The number of aliphatic hydroxyl groups excluding tert-OH is 1. The number of nitrogens with zero attached hydrogens (tertiary/aromatic N) is 3. The fraction of sp³-hybridized carbons (Fsp3) is 0.381. The minimum Gasteiger partial charge on any atom is -0.463 e. The summed E-state index contributed by atoms with van der Waals surface area (Å²) in [6.07, 6.45) is -0.0823. The Bertz CT molecular complexity index is 1020. The van der Waals surface area contributed by atoms with Gasteiger partial charge in [0, 0.05) is 34.8 Å². The average Bonchev–Trinajstić information content (AvgIpc) is 3.36. The molecule has 1 atom stereocenters. The van der Waals surface area contributed by atoms with Crippen molar-refractivity contribution in [3.8, 4) is 0 Å². The van der Waals surface area contributed by atoms with E-state index >= 15 is 0 Å². The molecule has 33 heavy (non-hydrogen) atoms. The summed E-state index contributed by atoms with van der Waals surface area (Å²) in [6, 6.07) is 6.26. The molecule has 2 aromatic rings. The third-order valence-corrected chi connectivity index (χ3v) is 5.98. The van der Waals surface area contributed by atoms with Crippen molar-refractivity contribution < 1.29 is 27.8 Å². The molecule has 3 heterocycles. The van der Waals surface area contributed by atoms with Crippen LogP contribution in [0.15, 0.2) is 56.6 Å². The van der Waals surface area contributed by atoms with E-state index in [0.29, 0.717) is 22.1 Å². The molecule has 2 aliphatic rings. The van der Waals surface area contributed by atoms with E-state index in [-0.39, 0.29) is 32.1 Å². The fourth-order valence-electron chi connectivity index (χ4n) is 3.16. The number of carbonyl (C=O) groups excluding carboxylic acids is 1. The Balaban J connectivity index is 0.000000323. The number of halogens is 4. The molecule has 4 rings (SSSR count). The van der Waals surface area contributed by atoms with Crippen LogP contribution in [-0.4, -0.2) is 71.6 Å². The topological polar surface area (TPSA) is 87.0 Å². The Morgan fingerprint density at radius 3 is 2.79 bits per heavy atom. The molecule has 2 aliphatic heterocycles. The predicted molar refractivity (Wildman–Crippen MR) is 122 cm³/mol. The molecule has 0 aliphatic carbocycles. The highest BCUT2D eigenvalue weighted by Crippen LogP contribution is 2.28. The van der Waals surface area contributed by atoms with Crippen molar-refractivity contribution in [3.63, 3.8) is 0 Å². The fourth-order valence-corrected chi connectivity index (χ4v) is 4.13. The van der Waals surface area contributed by atoms with Crippen LogP contribution in [0, 0.1) is 5.82 Å². The van der Waals surface area contributed by atoms with Crippen LogP contribution in [-0.2, 0) is 9.53 Å². The summed E-state index contributed by atoms with van der Waals surface area (Å²) >= 11 is 4.50. The SMILES string of the molecule is CCOC(=O)C1=C(CN2CC(O)C(F)(F)C2)NC(c2nccs2)=NC1.Fc1cccc(Br)c1. The standard InChI is InChI=1S/C15H18F2N4O3S.C6H4BrF/c1-2-24-14(23)9-5-19-12(13-18-3-4-25-13)20-10(9)6-21-7-11(22)15(16,17)8-21;7-5-2-1-3-6(8)4-5/h3-4,11,22H,2,5-8H2,1H3,(H,19,20);1-4H. The van der Waals surface area contributed by atoms with Gasteiger partial charge in [0.05, 0.1) is 25.3 Å². The number of thiazole rings is 1. The van der Waals surface area contributed by atoms with Crippen LogP contribution in [0.5, 0.6) is 0 Å². The molecule has 2 N–H and O–H groups in total. The number of aliphatic imine (C=N–C) groups is 1. The van der Waals surface area contributed by atoms with E-state index in [1.54, 1.807) is 30.6 Å². The van der Waals surface area contributed by atoms with E-state index in [2.05, 4.69) is 31.2 Å². The third-order valence-electron chi connectivity index (χ3n) is 4.71. The molecule has 1 unspecified atom stereocenters. The largest absolute Gasteiger partial charge is 0.463 e. The molecule has 178 valence electrons. The minimum absolute atomic E-state index is 0.0607. The number of hydrogen-bond acceptors (Lipinski definition) is 8. The van der Waals surface area contributed by atoms with Crippen LogP contribution >= 0.6 is 27.3 Å². The van der Waals surface area contributed by atoms with Gasteiger partial charge in [0.25, 0.3) is 5.92 Å². The first-order chi connectivity index (χ1) is 15.7. The summed E-state index contributed by atoms with van der Waals surface area (Å²) in [5, 5.41) is 14.9. The van der Waals surface area contributed by atoms with Gasteiger partial charge in [-0.25, -0.2) is 22.9 Å². The molecule has 0 saturated carbocycles. The summed E-state index contributed by atoms with van der Waals surface area (Å²) in [5.74, 6) is -3.41. The molecular weight excluding hydrogens is 525 g/mol. The molecule has 0 spiro atoms. The average molecular weight is 547 g/mol. The molecular formula is C21H22BrF3N4O3S. The second-order valence-electron chi connectivity index (χ2n) is 7.19. The van der Waals surface area contributed by atoms with Crippen molar-refractivity contribution in [2.24, 2.45) is 4.99 Å². The van der Waals surface area contributed by atoms with Crippen LogP contribution in [0.3, 0.4) is 0 Å². The number of benzene rings is 1. The molecule has 7 nitrogen and oxygen atoms in total. The van der Waals surface area contributed by atoms with Gasteiger partial charge >= 0.3 is 5.97 Å². The molecule has 0 bridgehead atoms. The number of amidine groups is 1. The van der Waals surface area contributed by atoms with Crippen molar-refractivity contribution in [1.29, 1.82) is 0 Å². The van der Waals surface area contributed by atoms with Gasteiger partial charge in [0.2, 0.25) is 0 Å². The van der Waals surface area contributed by atoms with Gasteiger partial charge in [0.1, 0.15) is 11.9 Å². The van der Waals surface area contributed by atoms with E-state index in [9.17, 15) is 23.1 Å². The van der Waals surface area contributed by atoms with Crippen LogP contribution in [0.4, 0.5) is 13.2 Å². The molecule has 12 heteroatoms. The second-order valence-corrected chi connectivity index (χ2v) is 9.00. The quantitative estimate of drug-likeness (QED) is 0.560. The molecule has 1 saturated heterocycles. The summed E-state index contributed by atoms with van der Waals surface area (Å²) in [6.45, 7) is 1.31. The van der Waals surface area contributed by atoms with Gasteiger partial charge in [-0.05, 0) is 25.1 Å². The van der Waals surface area contributed by atoms with Crippen molar-refractivity contribution in [3.05, 3.63) is 62.4 Å². The van der Waals surface area contributed by atoms with Gasteiger partial charge in [0.15, 0.2) is 10.8 Å². The monoisotopic (exact) mass is 546 g/mol. The van der Waals surface area contributed by atoms with E-state index < -0.39 is 24.5 Å². The summed E-state index contributed by atoms with van der Waals surface area (Å²) < 4.78 is 45.1. The van der Waals surface area contributed by atoms with Crippen LogP contribution in [0.2, 0.25) is 0 Å². The van der Waals surface area contributed by atoms with Crippen LogP contribution < -0.4 is 5.32 Å². The number of likely N-dealkylation sites (tertiary alicyclic amines) is 1. The highest BCUT2D eigenvalue weighted by Gasteiger charge is 2.47. The highest BCUT2D eigenvalue weighted by molar-refractivity contribution is 9.10. The number of nitrogens with one attached hydrogen (secondary N) is 1. The smallest absolute Gasteiger partial charge is 0.337 e. The number of aromatic nitrogens is 1. The number of ether oxygens (including phenoxy) is 1. The van der Waals surface area contributed by atoms with Gasteiger partial charge in [-0.3, -0.25) is 9.89 Å². The lowest BCUT2D eigenvalue weighted by molar-refractivity contribution is -0.138. The number of aliphatic hydroxyl groups is 1. The zero-order valence-electron chi connectivity index (χ0n) is 17.6. The van der Waals surface area contributed by atoms with Crippen LogP contribution in [0.25, 0.3) is 0 Å². The van der Waals surface area contributed by atoms with E-state index in [1.165, 1.54) is 28.4 Å². The van der Waals surface area contributed by atoms with Gasteiger partial charge < -0.3 is 15.2 Å². The highest BCUT2D eigenvalue weighted by atomic mass is 79.9. The summed E-state index contributed by atoms with van der Waals surface area (Å²) in [4.78, 5) is 22.0.